The van der Waals surface area contributed by atoms with Crippen molar-refractivity contribution in [2.24, 2.45) is 17.8 Å². The summed E-state index contributed by atoms with van der Waals surface area (Å²) in [6.45, 7) is 0. The number of phenolic OH excluding ortho intramolecular Hbond substituents is 1. The third kappa shape index (κ3) is 3.91. The fourth-order valence-corrected chi connectivity index (χ4v) is 9.23. The lowest BCUT2D eigenvalue weighted by atomic mass is 9.56. The summed E-state index contributed by atoms with van der Waals surface area (Å²) in [5.74, 6) is -21.3. The quantitative estimate of drug-likeness (QED) is 0.0613. The number of allylic oxidation sites excluding steroid dienone is 2. The number of alkyl halides is 2. The zero-order valence-electron chi connectivity index (χ0n) is 25.3. The minimum absolute atomic E-state index is 0.00265. The summed E-state index contributed by atoms with van der Waals surface area (Å²) in [4.78, 5) is 52.4. The van der Waals surface area contributed by atoms with E-state index in [1.807, 2.05) is 0 Å². The first-order valence-corrected chi connectivity index (χ1v) is 16.1. The SMILES string of the molecule is O=C1[C@H]2[C@H](CC=C3[C@H]2C[C@@]2(Cl)C(=O)N(c4c(F)c(F)c(F)c(F)c4F)C(=O)[C@@]2(Cl)[C@H]3c2ccc(O)c3ccccc23)C(=O)N1c1ccccc1. The summed E-state index contributed by atoms with van der Waals surface area (Å²) in [7, 11) is 0. The number of phenols is 1. The molecule has 4 aromatic rings. The van der Waals surface area contributed by atoms with Crippen LogP contribution in [0, 0.1) is 46.8 Å². The molecule has 0 radical (unpaired) electrons. The Hall–Kier alpha value is -4.81. The number of carbonyl (C=O) groups is 4. The van der Waals surface area contributed by atoms with E-state index in [4.69, 9.17) is 23.2 Å². The molecule has 4 aromatic carbocycles. The molecular weight excluding hydrogens is 706 g/mol. The number of fused-ring (bicyclic) bond motifs is 5. The van der Waals surface area contributed by atoms with Crippen LogP contribution in [0.25, 0.3) is 10.8 Å². The number of para-hydroxylation sites is 1. The molecule has 0 aromatic heterocycles. The van der Waals surface area contributed by atoms with E-state index in [9.17, 15) is 37.5 Å². The summed E-state index contributed by atoms with van der Waals surface area (Å²) in [6.07, 6.45) is 1.01. The second-order valence-corrected chi connectivity index (χ2v) is 14.0. The van der Waals surface area contributed by atoms with E-state index in [0.29, 0.717) is 16.6 Å². The second kappa shape index (κ2) is 10.8. The molecule has 4 amide bonds. The van der Waals surface area contributed by atoms with Crippen LogP contribution in [0.15, 0.2) is 78.4 Å². The van der Waals surface area contributed by atoms with Crippen LogP contribution >= 0.6 is 23.2 Å². The molecule has 6 atom stereocenters. The molecule has 4 aliphatic rings. The Morgan fingerprint density at radius 3 is 1.94 bits per heavy atom. The first-order chi connectivity index (χ1) is 23.8. The van der Waals surface area contributed by atoms with Crippen LogP contribution in [-0.2, 0) is 19.2 Å². The van der Waals surface area contributed by atoms with Gasteiger partial charge in [-0.2, -0.15) is 0 Å². The Kier molecular flexibility index (Phi) is 7.03. The topological polar surface area (TPSA) is 95.0 Å². The van der Waals surface area contributed by atoms with Crippen molar-refractivity contribution in [1.82, 2.24) is 0 Å². The van der Waals surface area contributed by atoms with Gasteiger partial charge in [0.25, 0.3) is 11.8 Å². The van der Waals surface area contributed by atoms with E-state index in [1.165, 1.54) is 12.1 Å². The Labute approximate surface area is 289 Å². The zero-order chi connectivity index (χ0) is 35.6. The second-order valence-electron chi connectivity index (χ2n) is 12.8. The zero-order valence-corrected chi connectivity index (χ0v) is 26.8. The van der Waals surface area contributed by atoms with Crippen molar-refractivity contribution in [1.29, 1.82) is 0 Å². The van der Waals surface area contributed by atoms with Gasteiger partial charge in [0.1, 0.15) is 11.4 Å². The Balaban J connectivity index is 1.38. The van der Waals surface area contributed by atoms with Gasteiger partial charge in [0.2, 0.25) is 17.6 Å². The maximum Gasteiger partial charge on any atom is 0.258 e. The molecule has 0 spiro atoms. The first-order valence-electron chi connectivity index (χ1n) is 15.4. The molecule has 2 aliphatic carbocycles. The van der Waals surface area contributed by atoms with Crippen molar-refractivity contribution in [2.45, 2.75) is 28.5 Å². The number of benzene rings is 4. The lowest BCUT2D eigenvalue weighted by Gasteiger charge is -2.51. The molecule has 2 heterocycles. The van der Waals surface area contributed by atoms with Gasteiger partial charge in [0, 0.05) is 11.3 Å². The number of aromatic hydroxyl groups is 1. The number of imide groups is 2. The van der Waals surface area contributed by atoms with Crippen LogP contribution in [0.5, 0.6) is 5.75 Å². The number of carbonyl (C=O) groups excluding carboxylic acids is 4. The predicted molar refractivity (Wildman–Crippen MR) is 171 cm³/mol. The largest absolute Gasteiger partial charge is 0.507 e. The average molecular weight is 727 g/mol. The summed E-state index contributed by atoms with van der Waals surface area (Å²) in [5.41, 5.74) is -1.03. The van der Waals surface area contributed by atoms with Crippen LogP contribution in [0.1, 0.15) is 24.3 Å². The Morgan fingerprint density at radius 1 is 0.680 bits per heavy atom. The molecule has 50 heavy (non-hydrogen) atoms. The molecule has 14 heteroatoms. The number of anilines is 2. The number of amides is 4. The van der Waals surface area contributed by atoms with Crippen LogP contribution in [0.3, 0.4) is 0 Å². The monoisotopic (exact) mass is 726 g/mol. The predicted octanol–water partition coefficient (Wildman–Crippen LogP) is 7.01. The molecule has 3 fully saturated rings. The molecule has 8 rings (SSSR count). The number of nitrogens with zero attached hydrogens (tertiary/aromatic N) is 2. The van der Waals surface area contributed by atoms with E-state index in [1.54, 1.807) is 60.7 Å². The standard InChI is InChI=1S/C36H21Cl2F5N2O5/c37-35-14-21-19(10-11-20-23(21)32(48)44(31(20)47)15-6-2-1-3-7-15)24(18-12-13-22(46)17-9-5-4-8-16(17)18)36(35,38)34(50)45(33(35)49)30-28(42)26(40)25(39)27(41)29(30)43/h1-10,12-13,20-21,23-24,46H,11,14H2/t20-,21+,23-,24-,35+,36-/m0/s1. The lowest BCUT2D eigenvalue weighted by molar-refractivity contribution is -0.125. The van der Waals surface area contributed by atoms with E-state index in [2.05, 4.69) is 0 Å². The van der Waals surface area contributed by atoms with Gasteiger partial charge in [0.05, 0.1) is 17.5 Å². The van der Waals surface area contributed by atoms with E-state index >= 15 is 8.78 Å². The van der Waals surface area contributed by atoms with Crippen molar-refractivity contribution in [2.75, 3.05) is 9.80 Å². The third-order valence-corrected chi connectivity index (χ3v) is 11.9. The van der Waals surface area contributed by atoms with Gasteiger partial charge >= 0.3 is 0 Å². The van der Waals surface area contributed by atoms with Crippen molar-refractivity contribution >= 4 is 69.0 Å². The highest BCUT2D eigenvalue weighted by Crippen LogP contribution is 2.66. The third-order valence-electron chi connectivity index (χ3n) is 10.5. The lowest BCUT2D eigenvalue weighted by Crippen LogP contribution is -2.60. The highest BCUT2D eigenvalue weighted by molar-refractivity contribution is 6.58. The van der Waals surface area contributed by atoms with E-state index < -0.39 is 98.2 Å². The molecule has 254 valence electrons. The summed E-state index contributed by atoms with van der Waals surface area (Å²) in [6, 6.07) is 17.2. The van der Waals surface area contributed by atoms with Crippen molar-refractivity contribution in [3.05, 3.63) is 113 Å². The minimum atomic E-state index is -2.68. The summed E-state index contributed by atoms with van der Waals surface area (Å²) in [5, 5.41) is 11.3. The minimum Gasteiger partial charge on any atom is -0.507 e. The smallest absolute Gasteiger partial charge is 0.258 e. The Bertz CT molecular complexity index is 2240. The summed E-state index contributed by atoms with van der Waals surface area (Å²) >= 11 is 14.5. The fraction of sp³-hybridized carbons (Fsp3) is 0.222. The van der Waals surface area contributed by atoms with Crippen molar-refractivity contribution in [3.8, 4) is 5.75 Å². The highest BCUT2D eigenvalue weighted by atomic mass is 35.5. The maximum atomic E-state index is 15.3. The molecule has 1 saturated carbocycles. The van der Waals surface area contributed by atoms with Crippen LogP contribution in [0.4, 0.5) is 33.3 Å². The van der Waals surface area contributed by atoms with Gasteiger partial charge in [0.15, 0.2) is 33.0 Å². The fourth-order valence-electron chi connectivity index (χ4n) is 8.30. The molecule has 0 bridgehead atoms. The number of halogens is 7. The van der Waals surface area contributed by atoms with Crippen LogP contribution < -0.4 is 9.80 Å². The summed E-state index contributed by atoms with van der Waals surface area (Å²) < 4.78 is 73.6. The molecular formula is C36H21Cl2F5N2O5. The molecule has 0 unspecified atom stereocenters. The molecule has 2 saturated heterocycles. The Morgan fingerprint density at radius 2 is 1.28 bits per heavy atom. The van der Waals surface area contributed by atoms with Crippen molar-refractivity contribution in [3.63, 3.8) is 0 Å². The number of hydrogen-bond acceptors (Lipinski definition) is 5. The normalized spacial score (nSPS) is 29.0. The first kappa shape index (κ1) is 32.4. The maximum absolute atomic E-state index is 15.3. The van der Waals surface area contributed by atoms with E-state index in [0.717, 1.165) is 4.90 Å². The molecule has 2 aliphatic heterocycles. The van der Waals surface area contributed by atoms with Crippen molar-refractivity contribution < 1.29 is 46.2 Å². The van der Waals surface area contributed by atoms with E-state index in [-0.39, 0.29) is 28.0 Å². The van der Waals surface area contributed by atoms with Gasteiger partial charge < -0.3 is 5.11 Å². The van der Waals surface area contributed by atoms with Gasteiger partial charge in [-0.3, -0.25) is 24.1 Å². The molecule has 1 N–H and O–H groups in total. The van der Waals surface area contributed by atoms with Crippen LogP contribution in [0.2, 0.25) is 0 Å². The van der Waals surface area contributed by atoms with Gasteiger partial charge in [-0.15, -0.1) is 23.2 Å². The average Bonchev–Trinajstić information content (AvgIpc) is 3.45. The van der Waals surface area contributed by atoms with Gasteiger partial charge in [-0.1, -0.05) is 60.2 Å². The number of rotatable bonds is 3. The highest BCUT2D eigenvalue weighted by Gasteiger charge is 2.77. The number of hydrogen-bond donors (Lipinski definition) is 1. The van der Waals surface area contributed by atoms with Gasteiger partial charge in [-0.25, -0.2) is 26.9 Å². The van der Waals surface area contributed by atoms with Crippen LogP contribution in [-0.4, -0.2) is 38.5 Å². The van der Waals surface area contributed by atoms with Gasteiger partial charge in [-0.05, 0) is 47.9 Å². The molecule has 7 nitrogen and oxygen atoms in total.